The molecule has 4 rings (SSSR count). The highest BCUT2D eigenvalue weighted by Crippen LogP contribution is 2.26. The molecule has 2 aliphatic rings. The summed E-state index contributed by atoms with van der Waals surface area (Å²) < 4.78 is 18.8. The van der Waals surface area contributed by atoms with Crippen molar-refractivity contribution >= 4 is 11.8 Å². The molecule has 0 unspecified atom stereocenters. The molecule has 1 aromatic carbocycles. The molecule has 0 spiro atoms. The van der Waals surface area contributed by atoms with Crippen LogP contribution < -0.4 is 0 Å². The number of hydrogen-bond donors (Lipinski definition) is 0. The largest absolute Gasteiger partial charge is 0.364 e. The van der Waals surface area contributed by atoms with Crippen LogP contribution in [0.2, 0.25) is 0 Å². The van der Waals surface area contributed by atoms with Gasteiger partial charge in [-0.3, -0.25) is 14.6 Å². The van der Waals surface area contributed by atoms with Gasteiger partial charge in [0.05, 0.1) is 12.1 Å². The summed E-state index contributed by atoms with van der Waals surface area (Å²) in [5.41, 5.74) is 1.22. The molecule has 0 radical (unpaired) electrons. The summed E-state index contributed by atoms with van der Waals surface area (Å²) in [6, 6.07) is 11.1. The molecule has 134 valence electrons. The van der Waals surface area contributed by atoms with Gasteiger partial charge in [-0.05, 0) is 29.8 Å². The Morgan fingerprint density at radius 1 is 1.19 bits per heavy atom. The van der Waals surface area contributed by atoms with Crippen LogP contribution in [-0.2, 0) is 16.1 Å². The highest BCUT2D eigenvalue weighted by atomic mass is 19.1. The van der Waals surface area contributed by atoms with Crippen molar-refractivity contribution < 1.29 is 18.7 Å². The van der Waals surface area contributed by atoms with E-state index in [4.69, 9.17) is 4.74 Å². The molecule has 2 saturated heterocycles. The van der Waals surface area contributed by atoms with Crippen molar-refractivity contribution in [3.63, 3.8) is 0 Å². The van der Waals surface area contributed by atoms with E-state index in [0.717, 1.165) is 5.56 Å². The van der Waals surface area contributed by atoms with Crippen LogP contribution in [0.5, 0.6) is 0 Å². The minimum Gasteiger partial charge on any atom is -0.364 e. The topological polar surface area (TPSA) is 62.7 Å². The van der Waals surface area contributed by atoms with Gasteiger partial charge in [0.25, 0.3) is 5.91 Å². The third kappa shape index (κ3) is 3.17. The summed E-state index contributed by atoms with van der Waals surface area (Å²) in [6.45, 7) is 1.18. The van der Waals surface area contributed by atoms with Gasteiger partial charge in [0.2, 0.25) is 5.91 Å². The van der Waals surface area contributed by atoms with E-state index in [9.17, 15) is 14.0 Å². The van der Waals surface area contributed by atoms with Crippen LogP contribution in [0.4, 0.5) is 4.39 Å². The fraction of sp³-hybridized carbons (Fsp3) is 0.316. The number of ether oxygens (including phenoxy) is 1. The van der Waals surface area contributed by atoms with Gasteiger partial charge in [0.1, 0.15) is 18.1 Å². The number of rotatable bonds is 3. The smallest absolute Gasteiger partial charge is 0.272 e. The van der Waals surface area contributed by atoms with E-state index in [2.05, 4.69) is 4.98 Å². The second kappa shape index (κ2) is 6.84. The zero-order valence-corrected chi connectivity index (χ0v) is 14.0. The molecule has 2 fully saturated rings. The Balaban J connectivity index is 1.51. The molecule has 2 atom stereocenters. The van der Waals surface area contributed by atoms with Gasteiger partial charge >= 0.3 is 0 Å². The van der Waals surface area contributed by atoms with Crippen molar-refractivity contribution in [1.29, 1.82) is 0 Å². The van der Waals surface area contributed by atoms with Gasteiger partial charge in [-0.2, -0.15) is 0 Å². The van der Waals surface area contributed by atoms with Crippen LogP contribution in [0.15, 0.2) is 48.7 Å². The zero-order chi connectivity index (χ0) is 18.1. The van der Waals surface area contributed by atoms with E-state index in [1.165, 1.54) is 12.1 Å². The lowest BCUT2D eigenvalue weighted by Gasteiger charge is -2.36. The number of fused-ring (bicyclic) bond motifs is 1. The Labute approximate surface area is 150 Å². The molecule has 2 aromatic rings. The summed E-state index contributed by atoms with van der Waals surface area (Å²) in [7, 11) is 0. The van der Waals surface area contributed by atoms with Crippen LogP contribution in [0, 0.1) is 5.82 Å². The number of benzene rings is 1. The number of halogens is 1. The Hall–Kier alpha value is -2.80. The summed E-state index contributed by atoms with van der Waals surface area (Å²) in [5.74, 6) is -0.603. The number of hydrogen-bond acceptors (Lipinski definition) is 4. The molecule has 0 N–H and O–H groups in total. The molecule has 0 bridgehead atoms. The van der Waals surface area contributed by atoms with E-state index in [1.54, 1.807) is 46.3 Å². The molecule has 2 amide bonds. The predicted molar refractivity (Wildman–Crippen MR) is 90.6 cm³/mol. The van der Waals surface area contributed by atoms with Gasteiger partial charge < -0.3 is 14.5 Å². The van der Waals surface area contributed by atoms with Gasteiger partial charge in [-0.1, -0.05) is 18.2 Å². The number of pyridine rings is 1. The first-order valence-electron chi connectivity index (χ1n) is 8.47. The molecule has 2 aliphatic heterocycles. The number of carbonyl (C=O) groups excluding carboxylic acids is 2. The molecular formula is C19H18FN3O3. The molecule has 0 aliphatic carbocycles. The van der Waals surface area contributed by atoms with Crippen LogP contribution in [-0.4, -0.2) is 58.4 Å². The van der Waals surface area contributed by atoms with Crippen LogP contribution >= 0.6 is 0 Å². The quantitative estimate of drug-likeness (QED) is 0.837. The lowest BCUT2D eigenvalue weighted by molar-refractivity contribution is -0.153. The lowest BCUT2D eigenvalue weighted by atomic mass is 10.1. The minimum absolute atomic E-state index is 0.00597. The normalized spacial score (nSPS) is 22.4. The maximum atomic E-state index is 13.1. The van der Waals surface area contributed by atoms with Gasteiger partial charge in [0.15, 0.2) is 0 Å². The Morgan fingerprint density at radius 3 is 2.73 bits per heavy atom. The van der Waals surface area contributed by atoms with Gasteiger partial charge in [0, 0.05) is 25.8 Å². The standard InChI is InChI=1S/C19H18FN3O3/c20-14-6-4-13(5-7-14)9-23-16-10-22(11-17(16)26-12-18(23)24)19(25)15-3-1-2-8-21-15/h1-8,16-17H,9-12H2/t16-,17+/m1/s1. The molecule has 3 heterocycles. The Kier molecular flexibility index (Phi) is 4.38. The van der Waals surface area contributed by atoms with Crippen molar-refractivity contribution in [2.75, 3.05) is 19.7 Å². The number of aromatic nitrogens is 1. The second-order valence-electron chi connectivity index (χ2n) is 6.49. The third-order valence-electron chi connectivity index (χ3n) is 4.82. The maximum Gasteiger partial charge on any atom is 0.272 e. The number of morpholine rings is 1. The van der Waals surface area contributed by atoms with Crippen molar-refractivity contribution in [2.24, 2.45) is 0 Å². The summed E-state index contributed by atoms with van der Waals surface area (Å²) >= 11 is 0. The van der Waals surface area contributed by atoms with Crippen LogP contribution in [0.25, 0.3) is 0 Å². The molecular weight excluding hydrogens is 337 g/mol. The fourth-order valence-electron chi connectivity index (χ4n) is 3.48. The van der Waals surface area contributed by atoms with E-state index < -0.39 is 0 Å². The van der Waals surface area contributed by atoms with Gasteiger partial charge in [-0.15, -0.1) is 0 Å². The minimum atomic E-state index is -0.312. The van der Waals surface area contributed by atoms with E-state index in [1.807, 2.05) is 0 Å². The molecule has 0 saturated carbocycles. The highest BCUT2D eigenvalue weighted by molar-refractivity contribution is 5.92. The molecule has 1 aromatic heterocycles. The van der Waals surface area contributed by atoms with Crippen LogP contribution in [0.3, 0.4) is 0 Å². The van der Waals surface area contributed by atoms with E-state index in [-0.39, 0.29) is 36.4 Å². The summed E-state index contributed by atoms with van der Waals surface area (Å²) in [5, 5.41) is 0. The van der Waals surface area contributed by atoms with Crippen molar-refractivity contribution in [1.82, 2.24) is 14.8 Å². The van der Waals surface area contributed by atoms with Crippen molar-refractivity contribution in [2.45, 2.75) is 18.7 Å². The maximum absolute atomic E-state index is 13.1. The number of likely N-dealkylation sites (tertiary alicyclic amines) is 1. The molecule has 26 heavy (non-hydrogen) atoms. The first kappa shape index (κ1) is 16.7. The Bertz CT molecular complexity index is 813. The van der Waals surface area contributed by atoms with E-state index in [0.29, 0.717) is 25.3 Å². The first-order valence-corrected chi connectivity index (χ1v) is 8.47. The van der Waals surface area contributed by atoms with Crippen molar-refractivity contribution in [3.05, 3.63) is 65.7 Å². The van der Waals surface area contributed by atoms with E-state index >= 15 is 0 Å². The average molecular weight is 355 g/mol. The predicted octanol–water partition coefficient (Wildman–Crippen LogP) is 1.47. The van der Waals surface area contributed by atoms with Crippen LogP contribution in [0.1, 0.15) is 16.1 Å². The Morgan fingerprint density at radius 2 is 2.00 bits per heavy atom. The number of nitrogens with zero attached hydrogens (tertiary/aromatic N) is 3. The SMILES string of the molecule is O=C(c1ccccn1)N1C[C@@H]2OCC(=O)N(Cc3ccc(F)cc3)[C@@H]2C1. The zero-order valence-electron chi connectivity index (χ0n) is 14.0. The first-order chi connectivity index (χ1) is 12.6. The average Bonchev–Trinajstić information content (AvgIpc) is 3.10. The summed E-state index contributed by atoms with van der Waals surface area (Å²) in [4.78, 5) is 32.5. The van der Waals surface area contributed by atoms with Gasteiger partial charge in [-0.25, -0.2) is 4.39 Å². The number of carbonyl (C=O) groups is 2. The molecule has 6 nitrogen and oxygen atoms in total. The van der Waals surface area contributed by atoms with Crippen molar-refractivity contribution in [3.8, 4) is 0 Å². The summed E-state index contributed by atoms with van der Waals surface area (Å²) in [6.07, 6.45) is 1.36. The fourth-order valence-corrected chi connectivity index (χ4v) is 3.48. The second-order valence-corrected chi connectivity index (χ2v) is 6.49. The lowest BCUT2D eigenvalue weighted by Crippen LogP contribution is -2.53. The highest BCUT2D eigenvalue weighted by Gasteiger charge is 2.44. The monoisotopic (exact) mass is 355 g/mol. The third-order valence-corrected chi connectivity index (χ3v) is 4.82. The molecule has 7 heteroatoms. The number of amides is 2.